The molecule has 1 heterocycles. The average Bonchev–Trinajstić information content (AvgIpc) is 2.67. The number of Topliss-reactive ketones (excluding diaryl/α,β-unsaturated/α-hetero) is 1. The monoisotopic (exact) mass is 395 g/mol. The van der Waals surface area contributed by atoms with Crippen molar-refractivity contribution >= 4 is 28.3 Å². The molecule has 7 heteroatoms. The summed E-state index contributed by atoms with van der Waals surface area (Å²) in [6, 6.07) is 9.37. The minimum absolute atomic E-state index is 0.112. The fraction of sp³-hybridized carbons (Fsp3) is 0.273. The lowest BCUT2D eigenvalue weighted by atomic mass is 9.79. The number of hydrogen-bond acceptors (Lipinski definition) is 5. The molecule has 0 aliphatic rings. The molecule has 0 unspecified atom stereocenters. The van der Waals surface area contributed by atoms with Gasteiger partial charge in [-0.3, -0.25) is 9.59 Å². The molecular formula is C22H22FN3O3. The number of amides is 1. The van der Waals surface area contributed by atoms with Crippen LogP contribution in [-0.2, 0) is 15.0 Å². The highest BCUT2D eigenvalue weighted by atomic mass is 19.1. The second-order valence-electron chi connectivity index (χ2n) is 7.44. The second-order valence-corrected chi connectivity index (χ2v) is 7.44. The standard InChI is InChI=1S/C22H22FN3O3/c1-13-24-12-15-17(25-13)6-5-7-18(15)26-21(28)19(27)11-22(2,3)16-10-14(23)8-9-20(16)29-4/h5-10,12H,11H2,1-4H3,(H,26,28). The summed E-state index contributed by atoms with van der Waals surface area (Å²) in [6.07, 6.45) is 1.50. The number of aromatic nitrogens is 2. The van der Waals surface area contributed by atoms with Crippen molar-refractivity contribution in [1.82, 2.24) is 9.97 Å². The van der Waals surface area contributed by atoms with Crippen LogP contribution in [0.4, 0.5) is 10.1 Å². The largest absolute Gasteiger partial charge is 0.496 e. The molecule has 0 saturated heterocycles. The van der Waals surface area contributed by atoms with Crippen LogP contribution in [0.5, 0.6) is 5.75 Å². The molecule has 1 N–H and O–H groups in total. The van der Waals surface area contributed by atoms with E-state index in [2.05, 4.69) is 15.3 Å². The molecule has 0 aliphatic heterocycles. The minimum Gasteiger partial charge on any atom is -0.496 e. The Bertz CT molecular complexity index is 1100. The first kappa shape index (κ1) is 20.4. The van der Waals surface area contributed by atoms with E-state index in [1.54, 1.807) is 45.2 Å². The van der Waals surface area contributed by atoms with E-state index in [1.165, 1.54) is 25.3 Å². The van der Waals surface area contributed by atoms with Gasteiger partial charge in [0.05, 0.1) is 18.3 Å². The van der Waals surface area contributed by atoms with Gasteiger partial charge in [-0.05, 0) is 37.3 Å². The SMILES string of the molecule is COc1ccc(F)cc1C(C)(C)CC(=O)C(=O)Nc1cccc2nc(C)ncc12. The number of aryl methyl sites for hydroxylation is 1. The molecular weight excluding hydrogens is 373 g/mol. The van der Waals surface area contributed by atoms with Crippen molar-refractivity contribution in [1.29, 1.82) is 0 Å². The number of benzene rings is 2. The maximum atomic E-state index is 13.7. The number of rotatable bonds is 6. The Hall–Kier alpha value is -3.35. The summed E-state index contributed by atoms with van der Waals surface area (Å²) in [5.74, 6) is -0.723. The average molecular weight is 395 g/mol. The van der Waals surface area contributed by atoms with Crippen LogP contribution in [0.3, 0.4) is 0 Å². The van der Waals surface area contributed by atoms with E-state index in [-0.39, 0.29) is 6.42 Å². The molecule has 0 atom stereocenters. The fourth-order valence-electron chi connectivity index (χ4n) is 3.23. The molecule has 0 fully saturated rings. The van der Waals surface area contributed by atoms with Gasteiger partial charge in [0.1, 0.15) is 17.4 Å². The minimum atomic E-state index is -0.805. The van der Waals surface area contributed by atoms with Crippen LogP contribution in [-0.4, -0.2) is 28.8 Å². The highest BCUT2D eigenvalue weighted by Crippen LogP contribution is 2.35. The first-order valence-electron chi connectivity index (χ1n) is 9.12. The van der Waals surface area contributed by atoms with Crippen molar-refractivity contribution in [2.24, 2.45) is 0 Å². The number of hydrogen-bond donors (Lipinski definition) is 1. The third kappa shape index (κ3) is 4.39. The van der Waals surface area contributed by atoms with Crippen LogP contribution in [0.15, 0.2) is 42.6 Å². The quantitative estimate of drug-likeness (QED) is 0.639. The zero-order valence-corrected chi connectivity index (χ0v) is 16.7. The third-order valence-corrected chi connectivity index (χ3v) is 4.74. The summed E-state index contributed by atoms with van der Waals surface area (Å²) in [6.45, 7) is 5.31. The van der Waals surface area contributed by atoms with Gasteiger partial charge in [0.15, 0.2) is 0 Å². The molecule has 29 heavy (non-hydrogen) atoms. The molecule has 0 aliphatic carbocycles. The van der Waals surface area contributed by atoms with Gasteiger partial charge in [-0.1, -0.05) is 19.9 Å². The van der Waals surface area contributed by atoms with Crippen LogP contribution in [0.25, 0.3) is 10.9 Å². The summed E-state index contributed by atoms with van der Waals surface area (Å²) < 4.78 is 19.0. The second kappa shape index (κ2) is 7.95. The van der Waals surface area contributed by atoms with Gasteiger partial charge in [-0.25, -0.2) is 14.4 Å². The maximum absolute atomic E-state index is 13.7. The summed E-state index contributed by atoms with van der Waals surface area (Å²) >= 11 is 0. The number of ketones is 1. The summed E-state index contributed by atoms with van der Waals surface area (Å²) in [4.78, 5) is 33.6. The normalized spacial score (nSPS) is 11.3. The van der Waals surface area contributed by atoms with Crippen molar-refractivity contribution in [3.8, 4) is 5.75 Å². The first-order valence-corrected chi connectivity index (χ1v) is 9.12. The zero-order chi connectivity index (χ0) is 21.2. The Kier molecular flexibility index (Phi) is 5.59. The Morgan fingerprint density at radius 3 is 2.69 bits per heavy atom. The number of nitrogens with one attached hydrogen (secondary N) is 1. The van der Waals surface area contributed by atoms with Crippen molar-refractivity contribution in [3.05, 3.63) is 59.8 Å². The molecule has 1 aromatic heterocycles. The van der Waals surface area contributed by atoms with Gasteiger partial charge in [-0.2, -0.15) is 0 Å². The van der Waals surface area contributed by atoms with E-state index in [1.807, 2.05) is 0 Å². The molecule has 0 saturated carbocycles. The van der Waals surface area contributed by atoms with Crippen LogP contribution < -0.4 is 10.1 Å². The fourth-order valence-corrected chi connectivity index (χ4v) is 3.23. The van der Waals surface area contributed by atoms with Crippen LogP contribution >= 0.6 is 0 Å². The molecule has 0 bridgehead atoms. The third-order valence-electron chi connectivity index (χ3n) is 4.74. The Morgan fingerprint density at radius 1 is 1.21 bits per heavy atom. The van der Waals surface area contributed by atoms with Gasteiger partial charge < -0.3 is 10.1 Å². The summed E-state index contributed by atoms with van der Waals surface area (Å²) in [5, 5.41) is 3.29. The molecule has 0 spiro atoms. The van der Waals surface area contributed by atoms with Gasteiger partial charge in [-0.15, -0.1) is 0 Å². The van der Waals surface area contributed by atoms with Crippen molar-refractivity contribution in [2.45, 2.75) is 32.6 Å². The van der Waals surface area contributed by atoms with Gasteiger partial charge in [0, 0.05) is 29.0 Å². The molecule has 0 radical (unpaired) electrons. The van der Waals surface area contributed by atoms with Crippen molar-refractivity contribution in [2.75, 3.05) is 12.4 Å². The lowest BCUT2D eigenvalue weighted by molar-refractivity contribution is -0.135. The number of halogens is 1. The van der Waals surface area contributed by atoms with Crippen molar-refractivity contribution in [3.63, 3.8) is 0 Å². The van der Waals surface area contributed by atoms with Crippen molar-refractivity contribution < 1.29 is 18.7 Å². The number of carbonyl (C=O) groups is 2. The Balaban J connectivity index is 1.81. The van der Waals surface area contributed by atoms with E-state index in [0.717, 1.165) is 0 Å². The molecule has 2 aromatic carbocycles. The first-order chi connectivity index (χ1) is 13.7. The van der Waals surface area contributed by atoms with Gasteiger partial charge >= 0.3 is 0 Å². The number of nitrogens with zero attached hydrogens (tertiary/aromatic N) is 2. The highest BCUT2D eigenvalue weighted by Gasteiger charge is 2.30. The van der Waals surface area contributed by atoms with Gasteiger partial charge in [0.25, 0.3) is 5.91 Å². The molecule has 3 rings (SSSR count). The maximum Gasteiger partial charge on any atom is 0.291 e. The lowest BCUT2D eigenvalue weighted by Crippen LogP contribution is -2.30. The Labute approximate surface area is 168 Å². The predicted octanol–water partition coefficient (Wildman–Crippen LogP) is 3.96. The number of carbonyl (C=O) groups excluding carboxylic acids is 2. The van der Waals surface area contributed by atoms with Crippen LogP contribution in [0, 0.1) is 12.7 Å². The number of methoxy groups -OCH3 is 1. The number of ether oxygens (including phenoxy) is 1. The summed E-state index contributed by atoms with van der Waals surface area (Å²) in [7, 11) is 1.48. The molecule has 3 aromatic rings. The van der Waals surface area contributed by atoms with E-state index >= 15 is 0 Å². The van der Waals surface area contributed by atoms with Crippen LogP contribution in [0.2, 0.25) is 0 Å². The van der Waals surface area contributed by atoms with Crippen LogP contribution in [0.1, 0.15) is 31.7 Å². The van der Waals surface area contributed by atoms with E-state index in [0.29, 0.717) is 33.7 Å². The molecule has 1 amide bonds. The van der Waals surface area contributed by atoms with E-state index in [4.69, 9.17) is 4.74 Å². The topological polar surface area (TPSA) is 81.2 Å². The number of anilines is 1. The van der Waals surface area contributed by atoms with Gasteiger partial charge in [0.2, 0.25) is 5.78 Å². The molecule has 6 nitrogen and oxygen atoms in total. The zero-order valence-electron chi connectivity index (χ0n) is 16.7. The Morgan fingerprint density at radius 2 is 1.97 bits per heavy atom. The smallest absolute Gasteiger partial charge is 0.291 e. The summed E-state index contributed by atoms with van der Waals surface area (Å²) in [5.41, 5.74) is 0.852. The van der Waals surface area contributed by atoms with E-state index < -0.39 is 22.9 Å². The highest BCUT2D eigenvalue weighted by molar-refractivity contribution is 6.41. The molecule has 150 valence electrons. The lowest BCUT2D eigenvalue weighted by Gasteiger charge is -2.26. The van der Waals surface area contributed by atoms with E-state index in [9.17, 15) is 14.0 Å². The number of fused-ring (bicyclic) bond motifs is 1. The predicted molar refractivity (Wildman–Crippen MR) is 109 cm³/mol.